The Hall–Kier alpha value is -0.250. The van der Waals surface area contributed by atoms with Gasteiger partial charge in [-0.1, -0.05) is 0 Å². The molecule has 2 heterocycles. The van der Waals surface area contributed by atoms with E-state index in [1.807, 2.05) is 12.1 Å². The number of hydrogen-bond acceptors (Lipinski definition) is 5. The zero-order valence-corrected chi connectivity index (χ0v) is 14.8. The Morgan fingerprint density at radius 1 is 1.40 bits per heavy atom. The fourth-order valence-corrected chi connectivity index (χ4v) is 6.00. The van der Waals surface area contributed by atoms with Crippen molar-refractivity contribution in [3.8, 4) is 0 Å². The summed E-state index contributed by atoms with van der Waals surface area (Å²) in [5.74, 6) is 0. The van der Waals surface area contributed by atoms with Gasteiger partial charge in [-0.3, -0.25) is 0 Å². The Kier molecular flexibility index (Phi) is 5.38. The van der Waals surface area contributed by atoms with Gasteiger partial charge < -0.3 is 5.11 Å². The quantitative estimate of drug-likeness (QED) is 0.789. The number of rotatable bonds is 6. The van der Waals surface area contributed by atoms with Crippen molar-refractivity contribution in [2.75, 3.05) is 6.54 Å². The van der Waals surface area contributed by atoms with Crippen LogP contribution in [0.5, 0.6) is 0 Å². The molecule has 0 bridgehead atoms. The van der Waals surface area contributed by atoms with Crippen molar-refractivity contribution >= 4 is 48.6 Å². The van der Waals surface area contributed by atoms with Gasteiger partial charge in [-0.05, 0) is 52.4 Å². The largest absolute Gasteiger partial charge is 0.391 e. The maximum atomic E-state index is 12.3. The van der Waals surface area contributed by atoms with E-state index in [0.717, 1.165) is 8.66 Å². The number of aliphatic hydroxyl groups excluding tert-OH is 1. The summed E-state index contributed by atoms with van der Waals surface area (Å²) in [5.41, 5.74) is 0.672. The van der Waals surface area contributed by atoms with Crippen LogP contribution in [0.3, 0.4) is 0 Å². The molecule has 0 spiro atoms. The molecule has 0 saturated heterocycles. The molecule has 0 aliphatic carbocycles. The van der Waals surface area contributed by atoms with Crippen LogP contribution in [0, 0.1) is 6.92 Å². The van der Waals surface area contributed by atoms with Crippen LogP contribution in [0.25, 0.3) is 0 Å². The van der Waals surface area contributed by atoms with E-state index in [1.54, 1.807) is 23.6 Å². The lowest BCUT2D eigenvalue weighted by Gasteiger charge is -2.07. The zero-order valence-electron chi connectivity index (χ0n) is 10.7. The molecule has 8 heteroatoms. The highest BCUT2D eigenvalue weighted by Gasteiger charge is 2.22. The molecule has 2 aromatic rings. The van der Waals surface area contributed by atoms with Gasteiger partial charge in [0.2, 0.25) is 10.0 Å². The van der Waals surface area contributed by atoms with E-state index in [2.05, 4.69) is 20.7 Å². The standard InChI is InChI=1S/C12H14BrNO3S3/c1-8-7-18-10(6-15)12(8)20(16,17)14-5-4-9-2-3-11(13)19-9/h2-3,7,14-15H,4-6H2,1H3. The number of halogens is 1. The van der Waals surface area contributed by atoms with Gasteiger partial charge >= 0.3 is 0 Å². The van der Waals surface area contributed by atoms with Gasteiger partial charge in [0, 0.05) is 11.4 Å². The summed E-state index contributed by atoms with van der Waals surface area (Å²) in [6.07, 6.45) is 0.646. The summed E-state index contributed by atoms with van der Waals surface area (Å²) in [6.45, 7) is 1.82. The summed E-state index contributed by atoms with van der Waals surface area (Å²) in [6, 6.07) is 3.92. The molecule has 0 unspecified atom stereocenters. The fraction of sp³-hybridized carbons (Fsp3) is 0.333. The van der Waals surface area contributed by atoms with Crippen molar-refractivity contribution in [2.45, 2.75) is 24.8 Å². The predicted octanol–water partition coefficient (Wildman–Crippen LogP) is 2.89. The third kappa shape index (κ3) is 3.69. The molecule has 2 aromatic heterocycles. The molecule has 0 aliphatic rings. The van der Waals surface area contributed by atoms with Gasteiger partial charge in [-0.15, -0.1) is 22.7 Å². The van der Waals surface area contributed by atoms with Gasteiger partial charge in [-0.2, -0.15) is 0 Å². The molecule has 0 amide bonds. The normalized spacial score (nSPS) is 11.9. The first-order valence-corrected chi connectivity index (χ1v) is 9.83. The third-order valence-electron chi connectivity index (χ3n) is 2.69. The fourth-order valence-electron chi connectivity index (χ4n) is 1.82. The lowest BCUT2D eigenvalue weighted by atomic mass is 10.3. The lowest BCUT2D eigenvalue weighted by molar-refractivity contribution is 0.282. The van der Waals surface area contributed by atoms with Crippen molar-refractivity contribution in [2.24, 2.45) is 0 Å². The molecular formula is C12H14BrNO3S3. The number of aryl methyl sites for hydroxylation is 1. The highest BCUT2D eigenvalue weighted by molar-refractivity contribution is 9.11. The van der Waals surface area contributed by atoms with Crippen LogP contribution < -0.4 is 4.72 Å². The lowest BCUT2D eigenvalue weighted by Crippen LogP contribution is -2.26. The van der Waals surface area contributed by atoms with E-state index in [-0.39, 0.29) is 11.5 Å². The van der Waals surface area contributed by atoms with Crippen molar-refractivity contribution in [3.05, 3.63) is 36.6 Å². The molecule has 0 saturated carbocycles. The van der Waals surface area contributed by atoms with Crippen LogP contribution in [-0.4, -0.2) is 20.1 Å². The number of nitrogens with one attached hydrogen (secondary N) is 1. The summed E-state index contributed by atoms with van der Waals surface area (Å²) < 4.78 is 28.2. The summed E-state index contributed by atoms with van der Waals surface area (Å²) in [5, 5.41) is 11.0. The first kappa shape index (κ1) is 16.1. The van der Waals surface area contributed by atoms with Crippen molar-refractivity contribution in [3.63, 3.8) is 0 Å². The highest BCUT2D eigenvalue weighted by Crippen LogP contribution is 2.27. The maximum absolute atomic E-state index is 12.3. The Labute approximate surface area is 134 Å². The first-order chi connectivity index (χ1) is 9.44. The van der Waals surface area contributed by atoms with E-state index >= 15 is 0 Å². The summed E-state index contributed by atoms with van der Waals surface area (Å²) in [4.78, 5) is 1.82. The third-order valence-corrected chi connectivity index (χ3v) is 7.29. The molecule has 20 heavy (non-hydrogen) atoms. The zero-order chi connectivity index (χ0) is 14.8. The predicted molar refractivity (Wildman–Crippen MR) is 85.9 cm³/mol. The van der Waals surface area contributed by atoms with Crippen LogP contribution in [0.15, 0.2) is 26.2 Å². The molecule has 2 rings (SSSR count). The van der Waals surface area contributed by atoms with E-state index in [1.165, 1.54) is 11.3 Å². The second-order valence-electron chi connectivity index (χ2n) is 4.18. The molecule has 0 radical (unpaired) electrons. The van der Waals surface area contributed by atoms with Crippen LogP contribution in [0.2, 0.25) is 0 Å². The number of hydrogen-bond donors (Lipinski definition) is 2. The Morgan fingerprint density at radius 2 is 2.15 bits per heavy atom. The minimum Gasteiger partial charge on any atom is -0.391 e. The molecule has 0 aromatic carbocycles. The molecule has 0 aliphatic heterocycles. The Bertz CT molecular complexity index is 691. The molecule has 110 valence electrons. The first-order valence-electron chi connectivity index (χ1n) is 5.85. The van der Waals surface area contributed by atoms with E-state index in [9.17, 15) is 13.5 Å². The smallest absolute Gasteiger partial charge is 0.242 e. The second-order valence-corrected chi connectivity index (χ2v) is 9.40. The van der Waals surface area contributed by atoms with Gasteiger partial charge in [0.1, 0.15) is 4.90 Å². The monoisotopic (exact) mass is 395 g/mol. The molecule has 4 nitrogen and oxygen atoms in total. The topological polar surface area (TPSA) is 66.4 Å². The van der Waals surface area contributed by atoms with E-state index < -0.39 is 10.0 Å². The van der Waals surface area contributed by atoms with Crippen LogP contribution in [0.4, 0.5) is 0 Å². The van der Waals surface area contributed by atoms with Crippen molar-refractivity contribution in [1.82, 2.24) is 4.72 Å². The molecular weight excluding hydrogens is 382 g/mol. The average Bonchev–Trinajstić information content (AvgIpc) is 2.95. The summed E-state index contributed by atoms with van der Waals surface area (Å²) in [7, 11) is -3.56. The number of sulfonamides is 1. The van der Waals surface area contributed by atoms with Crippen LogP contribution in [0.1, 0.15) is 15.3 Å². The van der Waals surface area contributed by atoms with Crippen LogP contribution >= 0.6 is 38.6 Å². The average molecular weight is 396 g/mol. The Morgan fingerprint density at radius 3 is 2.75 bits per heavy atom. The Balaban J connectivity index is 2.06. The minimum absolute atomic E-state index is 0.220. The van der Waals surface area contributed by atoms with Gasteiger partial charge in [0.25, 0.3) is 0 Å². The van der Waals surface area contributed by atoms with Gasteiger partial charge in [-0.25, -0.2) is 13.1 Å². The summed E-state index contributed by atoms with van der Waals surface area (Å²) >= 11 is 6.23. The maximum Gasteiger partial charge on any atom is 0.242 e. The second kappa shape index (κ2) is 6.67. The van der Waals surface area contributed by atoms with Gasteiger partial charge in [0.15, 0.2) is 0 Å². The van der Waals surface area contributed by atoms with Crippen molar-refractivity contribution < 1.29 is 13.5 Å². The molecule has 0 fully saturated rings. The SMILES string of the molecule is Cc1csc(CO)c1S(=O)(=O)NCCc1ccc(Br)s1. The molecule has 2 N–H and O–H groups in total. The van der Waals surface area contributed by atoms with Crippen LogP contribution in [-0.2, 0) is 23.1 Å². The number of thiophene rings is 2. The van der Waals surface area contributed by atoms with E-state index in [0.29, 0.717) is 23.4 Å². The molecule has 0 atom stereocenters. The van der Waals surface area contributed by atoms with E-state index in [4.69, 9.17) is 0 Å². The van der Waals surface area contributed by atoms with Gasteiger partial charge in [0.05, 0.1) is 15.3 Å². The van der Waals surface area contributed by atoms with Crippen molar-refractivity contribution in [1.29, 1.82) is 0 Å². The highest BCUT2D eigenvalue weighted by atomic mass is 79.9. The number of aliphatic hydroxyl groups is 1. The minimum atomic E-state index is -3.56.